The Hall–Kier alpha value is -2.86. The Morgan fingerprint density at radius 2 is 1.82 bits per heavy atom. The molecule has 0 radical (unpaired) electrons. The number of aryl methyl sites for hydroxylation is 2. The van der Waals surface area contributed by atoms with E-state index in [-0.39, 0.29) is 18.0 Å². The van der Waals surface area contributed by atoms with Crippen molar-refractivity contribution < 1.29 is 14.3 Å². The normalized spacial score (nSPS) is 15.8. The minimum absolute atomic E-state index is 0.0310. The van der Waals surface area contributed by atoms with Gasteiger partial charge in [-0.2, -0.15) is 0 Å². The smallest absolute Gasteiger partial charge is 0.319 e. The molecule has 2 aromatic rings. The van der Waals surface area contributed by atoms with Crippen LogP contribution in [0, 0.1) is 6.92 Å². The van der Waals surface area contributed by atoms with Gasteiger partial charge < -0.3 is 20.7 Å². The van der Waals surface area contributed by atoms with Crippen LogP contribution in [-0.2, 0) is 16.0 Å². The molecule has 1 unspecified atom stereocenters. The Morgan fingerprint density at radius 3 is 2.50 bits per heavy atom. The topological polar surface area (TPSA) is 79.5 Å². The lowest BCUT2D eigenvalue weighted by atomic mass is 10.1. The molecule has 148 valence electrons. The molecule has 3 amide bonds. The first-order valence-electron chi connectivity index (χ1n) is 9.70. The van der Waals surface area contributed by atoms with E-state index in [0.29, 0.717) is 30.8 Å². The largest absolute Gasteiger partial charge is 0.376 e. The Labute approximate surface area is 165 Å². The van der Waals surface area contributed by atoms with Crippen LogP contribution in [-0.4, -0.2) is 31.2 Å². The van der Waals surface area contributed by atoms with Crippen LogP contribution in [0.4, 0.5) is 16.2 Å². The third kappa shape index (κ3) is 6.39. The highest BCUT2D eigenvalue weighted by Gasteiger charge is 2.16. The Kier molecular flexibility index (Phi) is 7.03. The molecule has 0 aliphatic carbocycles. The number of ether oxygens (including phenoxy) is 1. The number of urea groups is 1. The molecule has 2 aromatic carbocycles. The SMILES string of the molecule is Cc1cccc(CCC(=O)Nc2ccc(NC(=O)NCC3CCCO3)cc2)c1. The summed E-state index contributed by atoms with van der Waals surface area (Å²) in [5, 5.41) is 8.48. The van der Waals surface area contributed by atoms with Gasteiger partial charge in [-0.3, -0.25) is 4.79 Å². The predicted molar refractivity (Wildman–Crippen MR) is 111 cm³/mol. The molecule has 0 aromatic heterocycles. The number of carbonyl (C=O) groups is 2. The van der Waals surface area contributed by atoms with Gasteiger partial charge in [0.15, 0.2) is 0 Å². The molecule has 1 aliphatic heterocycles. The highest BCUT2D eigenvalue weighted by molar-refractivity contribution is 5.92. The lowest BCUT2D eigenvalue weighted by Crippen LogP contribution is -2.35. The fourth-order valence-electron chi connectivity index (χ4n) is 3.17. The first-order valence-corrected chi connectivity index (χ1v) is 9.70. The van der Waals surface area contributed by atoms with Crippen molar-refractivity contribution in [1.29, 1.82) is 0 Å². The Balaban J connectivity index is 1.40. The molecule has 1 saturated heterocycles. The summed E-state index contributed by atoms with van der Waals surface area (Å²) < 4.78 is 5.48. The van der Waals surface area contributed by atoms with Crippen LogP contribution in [0.2, 0.25) is 0 Å². The summed E-state index contributed by atoms with van der Waals surface area (Å²) in [7, 11) is 0. The standard InChI is InChI=1S/C22H27N3O3/c1-16-4-2-5-17(14-16)7-12-21(26)24-18-8-10-19(11-9-18)25-22(27)23-15-20-6-3-13-28-20/h2,4-5,8-11,14,20H,3,6-7,12-13,15H2,1H3,(H,24,26)(H2,23,25,27). The third-order valence-corrected chi connectivity index (χ3v) is 4.66. The molecule has 3 N–H and O–H groups in total. The van der Waals surface area contributed by atoms with E-state index in [1.807, 2.05) is 25.1 Å². The van der Waals surface area contributed by atoms with Crippen LogP contribution in [0.25, 0.3) is 0 Å². The lowest BCUT2D eigenvalue weighted by Gasteiger charge is -2.12. The van der Waals surface area contributed by atoms with Gasteiger partial charge in [0, 0.05) is 30.9 Å². The number of rotatable bonds is 7. The maximum absolute atomic E-state index is 12.1. The summed E-state index contributed by atoms with van der Waals surface area (Å²) in [5.41, 5.74) is 3.73. The summed E-state index contributed by atoms with van der Waals surface area (Å²) in [4.78, 5) is 24.1. The molecule has 1 aliphatic rings. The van der Waals surface area contributed by atoms with Crippen LogP contribution < -0.4 is 16.0 Å². The number of carbonyl (C=O) groups excluding carboxylic acids is 2. The van der Waals surface area contributed by atoms with E-state index in [4.69, 9.17) is 4.74 Å². The summed E-state index contributed by atoms with van der Waals surface area (Å²) in [6, 6.07) is 15.0. The molecule has 1 fully saturated rings. The monoisotopic (exact) mass is 381 g/mol. The second-order valence-corrected chi connectivity index (χ2v) is 7.08. The second kappa shape index (κ2) is 9.90. The Bertz CT molecular complexity index is 799. The number of amides is 3. The van der Waals surface area contributed by atoms with Crippen molar-refractivity contribution in [2.75, 3.05) is 23.8 Å². The minimum atomic E-state index is -0.259. The van der Waals surface area contributed by atoms with Gasteiger partial charge in [0.2, 0.25) is 5.91 Å². The zero-order chi connectivity index (χ0) is 19.8. The van der Waals surface area contributed by atoms with E-state index in [0.717, 1.165) is 25.0 Å². The molecule has 1 atom stereocenters. The molecule has 0 spiro atoms. The number of benzene rings is 2. The highest BCUT2D eigenvalue weighted by Crippen LogP contribution is 2.15. The van der Waals surface area contributed by atoms with Gasteiger partial charge in [0.05, 0.1) is 6.10 Å². The van der Waals surface area contributed by atoms with Crippen LogP contribution in [0.3, 0.4) is 0 Å². The number of hydrogen-bond acceptors (Lipinski definition) is 3. The molecule has 28 heavy (non-hydrogen) atoms. The maximum atomic E-state index is 12.1. The summed E-state index contributed by atoms with van der Waals surface area (Å²) >= 11 is 0. The maximum Gasteiger partial charge on any atom is 0.319 e. The van der Waals surface area contributed by atoms with Gasteiger partial charge in [-0.15, -0.1) is 0 Å². The van der Waals surface area contributed by atoms with Crippen molar-refractivity contribution in [1.82, 2.24) is 5.32 Å². The number of anilines is 2. The molecular weight excluding hydrogens is 354 g/mol. The van der Waals surface area contributed by atoms with Crippen LogP contribution >= 0.6 is 0 Å². The van der Waals surface area contributed by atoms with Gasteiger partial charge in [-0.05, 0) is 56.0 Å². The van der Waals surface area contributed by atoms with Crippen LogP contribution in [0.1, 0.15) is 30.4 Å². The van der Waals surface area contributed by atoms with Gasteiger partial charge in [0.25, 0.3) is 0 Å². The van der Waals surface area contributed by atoms with Crippen molar-refractivity contribution in [3.8, 4) is 0 Å². The second-order valence-electron chi connectivity index (χ2n) is 7.08. The van der Waals surface area contributed by atoms with Crippen molar-refractivity contribution in [2.24, 2.45) is 0 Å². The van der Waals surface area contributed by atoms with Crippen molar-refractivity contribution in [3.63, 3.8) is 0 Å². The van der Waals surface area contributed by atoms with Crippen molar-refractivity contribution in [2.45, 2.75) is 38.7 Å². The summed E-state index contributed by atoms with van der Waals surface area (Å²) in [6.07, 6.45) is 3.28. The molecule has 1 heterocycles. The summed E-state index contributed by atoms with van der Waals surface area (Å²) in [5.74, 6) is -0.0310. The minimum Gasteiger partial charge on any atom is -0.376 e. The average Bonchev–Trinajstić information content (AvgIpc) is 3.20. The third-order valence-electron chi connectivity index (χ3n) is 4.66. The van der Waals surface area contributed by atoms with Gasteiger partial charge in [-0.1, -0.05) is 29.8 Å². The van der Waals surface area contributed by atoms with E-state index in [1.54, 1.807) is 24.3 Å². The fraction of sp³-hybridized carbons (Fsp3) is 0.364. The Morgan fingerprint density at radius 1 is 1.07 bits per heavy atom. The molecule has 3 rings (SSSR count). The zero-order valence-corrected chi connectivity index (χ0v) is 16.2. The van der Waals surface area contributed by atoms with Crippen LogP contribution in [0.15, 0.2) is 48.5 Å². The average molecular weight is 381 g/mol. The molecular formula is C22H27N3O3. The van der Waals surface area contributed by atoms with E-state index in [2.05, 4.69) is 22.0 Å². The number of nitrogens with one attached hydrogen (secondary N) is 3. The van der Waals surface area contributed by atoms with Gasteiger partial charge in [-0.25, -0.2) is 4.79 Å². The molecule has 6 nitrogen and oxygen atoms in total. The summed E-state index contributed by atoms with van der Waals surface area (Å²) in [6.45, 7) is 3.33. The van der Waals surface area contributed by atoms with E-state index < -0.39 is 0 Å². The number of hydrogen-bond donors (Lipinski definition) is 3. The van der Waals surface area contributed by atoms with E-state index in [9.17, 15) is 9.59 Å². The van der Waals surface area contributed by atoms with E-state index in [1.165, 1.54) is 5.56 Å². The predicted octanol–water partition coefficient (Wildman–Crippen LogP) is 3.87. The quantitative estimate of drug-likeness (QED) is 0.681. The van der Waals surface area contributed by atoms with Crippen LogP contribution in [0.5, 0.6) is 0 Å². The lowest BCUT2D eigenvalue weighted by molar-refractivity contribution is -0.116. The molecule has 6 heteroatoms. The highest BCUT2D eigenvalue weighted by atomic mass is 16.5. The molecule has 0 bridgehead atoms. The van der Waals surface area contributed by atoms with Crippen molar-refractivity contribution >= 4 is 23.3 Å². The van der Waals surface area contributed by atoms with Crippen molar-refractivity contribution in [3.05, 3.63) is 59.7 Å². The fourth-order valence-corrected chi connectivity index (χ4v) is 3.17. The van der Waals surface area contributed by atoms with Gasteiger partial charge >= 0.3 is 6.03 Å². The first kappa shape index (κ1) is 19.9. The zero-order valence-electron chi connectivity index (χ0n) is 16.2. The molecule has 0 saturated carbocycles. The van der Waals surface area contributed by atoms with Gasteiger partial charge in [0.1, 0.15) is 0 Å². The van der Waals surface area contributed by atoms with E-state index >= 15 is 0 Å². The first-order chi connectivity index (χ1) is 13.6.